The standard InChI is InChI=1S/C29H33Cl2N3O4S/c1-19-25(29(35)38-18-21-10-7-13-34(21)16-20-8-4-3-5-9-20)26(22-11-6-12-23(30)27(22)31)28-24(32-19)17-33(2)14-15-39(28,36)37/h3-6,8-9,11-12,21,26,32H,7,10,13-18H2,1-2H3. The number of nitrogens with one attached hydrogen (secondary N) is 1. The molecule has 39 heavy (non-hydrogen) atoms. The second kappa shape index (κ2) is 11.6. The van der Waals surface area contributed by atoms with Crippen LogP contribution in [0.15, 0.2) is 70.4 Å². The van der Waals surface area contributed by atoms with E-state index >= 15 is 0 Å². The van der Waals surface area contributed by atoms with Crippen LogP contribution in [0.2, 0.25) is 10.0 Å². The van der Waals surface area contributed by atoms with Crippen LogP contribution in [0, 0.1) is 0 Å². The molecule has 3 aliphatic heterocycles. The van der Waals surface area contributed by atoms with E-state index in [0.717, 1.165) is 25.9 Å². The normalized spacial score (nSPS) is 23.8. The number of hydrogen-bond acceptors (Lipinski definition) is 7. The minimum atomic E-state index is -3.72. The summed E-state index contributed by atoms with van der Waals surface area (Å²) in [7, 11) is -1.85. The molecule has 2 atom stereocenters. The first-order valence-electron chi connectivity index (χ1n) is 13.2. The molecule has 0 radical (unpaired) electrons. The van der Waals surface area contributed by atoms with E-state index in [4.69, 9.17) is 27.9 Å². The van der Waals surface area contributed by atoms with Crippen LogP contribution in [-0.4, -0.2) is 69.3 Å². The molecule has 208 valence electrons. The molecule has 10 heteroatoms. The van der Waals surface area contributed by atoms with Gasteiger partial charge in [-0.2, -0.15) is 0 Å². The molecule has 0 spiro atoms. The zero-order valence-corrected chi connectivity index (χ0v) is 24.5. The van der Waals surface area contributed by atoms with Crippen molar-refractivity contribution in [2.45, 2.75) is 38.3 Å². The predicted octanol–water partition coefficient (Wildman–Crippen LogP) is 4.73. The van der Waals surface area contributed by atoms with Crippen LogP contribution >= 0.6 is 23.2 Å². The first-order chi connectivity index (χ1) is 18.7. The van der Waals surface area contributed by atoms with E-state index in [9.17, 15) is 13.2 Å². The molecule has 0 bridgehead atoms. The molecule has 3 aliphatic rings. The van der Waals surface area contributed by atoms with Gasteiger partial charge in [0, 0.05) is 37.1 Å². The van der Waals surface area contributed by atoms with Crippen molar-refractivity contribution in [1.29, 1.82) is 0 Å². The molecule has 2 unspecified atom stereocenters. The number of allylic oxidation sites excluding steroid dienone is 2. The Labute approximate surface area is 240 Å². The van der Waals surface area contributed by atoms with Crippen LogP contribution < -0.4 is 5.32 Å². The van der Waals surface area contributed by atoms with E-state index in [-0.39, 0.29) is 33.9 Å². The molecular weight excluding hydrogens is 557 g/mol. The average molecular weight is 591 g/mol. The first kappa shape index (κ1) is 28.2. The van der Waals surface area contributed by atoms with Gasteiger partial charge in [-0.25, -0.2) is 13.2 Å². The number of hydrogen-bond donors (Lipinski definition) is 1. The van der Waals surface area contributed by atoms with Gasteiger partial charge in [-0.3, -0.25) is 9.80 Å². The van der Waals surface area contributed by atoms with Crippen LogP contribution in [0.5, 0.6) is 0 Å². The number of nitrogens with zero attached hydrogens (tertiary/aromatic N) is 2. The summed E-state index contributed by atoms with van der Waals surface area (Å²) < 4.78 is 33.2. The minimum absolute atomic E-state index is 0.0589. The summed E-state index contributed by atoms with van der Waals surface area (Å²) in [6.45, 7) is 4.50. The zero-order valence-electron chi connectivity index (χ0n) is 22.1. The monoisotopic (exact) mass is 589 g/mol. The third-order valence-electron chi connectivity index (χ3n) is 7.74. The number of dihydropyridines is 1. The quantitative estimate of drug-likeness (QED) is 0.488. The Kier molecular flexibility index (Phi) is 8.40. The molecule has 0 aromatic heterocycles. The molecule has 0 amide bonds. The second-order valence-corrected chi connectivity index (χ2v) is 13.4. The summed E-state index contributed by atoms with van der Waals surface area (Å²) in [5, 5.41) is 3.76. The van der Waals surface area contributed by atoms with E-state index in [2.05, 4.69) is 22.3 Å². The van der Waals surface area contributed by atoms with Crippen molar-refractivity contribution in [3.63, 3.8) is 0 Å². The van der Waals surface area contributed by atoms with E-state index in [1.54, 1.807) is 25.1 Å². The second-order valence-electron chi connectivity index (χ2n) is 10.5. The van der Waals surface area contributed by atoms with Crippen molar-refractivity contribution in [3.8, 4) is 0 Å². The van der Waals surface area contributed by atoms with Gasteiger partial charge >= 0.3 is 5.97 Å². The third kappa shape index (κ3) is 5.91. The number of carbonyl (C=O) groups excluding carboxylic acids is 1. The summed E-state index contributed by atoms with van der Waals surface area (Å²) in [5.41, 5.74) is 3.04. The van der Waals surface area contributed by atoms with Crippen LogP contribution in [0.4, 0.5) is 0 Å². The molecular formula is C29H33Cl2N3O4S. The SMILES string of the molecule is CC1=C(C(=O)OCC2CCCN2Cc2ccccc2)C(c2cccc(Cl)c2Cl)C2=C(CN(C)CCS2(=O)=O)N1. The van der Waals surface area contributed by atoms with Gasteiger partial charge in [-0.1, -0.05) is 65.7 Å². The molecule has 1 saturated heterocycles. The van der Waals surface area contributed by atoms with Gasteiger partial charge in [0.05, 0.1) is 32.2 Å². The fourth-order valence-electron chi connectivity index (χ4n) is 5.77. The van der Waals surface area contributed by atoms with E-state index < -0.39 is 21.7 Å². The molecule has 0 aliphatic carbocycles. The van der Waals surface area contributed by atoms with Gasteiger partial charge in [0.25, 0.3) is 0 Å². The number of rotatable bonds is 6. The van der Waals surface area contributed by atoms with Crippen LogP contribution in [0.3, 0.4) is 0 Å². The number of esters is 1. The van der Waals surface area contributed by atoms with Gasteiger partial charge in [0.2, 0.25) is 0 Å². The lowest BCUT2D eigenvalue weighted by Crippen LogP contribution is -2.37. The molecule has 7 nitrogen and oxygen atoms in total. The Bertz CT molecular complexity index is 1430. The van der Waals surface area contributed by atoms with Crippen molar-refractivity contribution in [2.75, 3.05) is 39.0 Å². The molecule has 3 heterocycles. The van der Waals surface area contributed by atoms with E-state index in [1.807, 2.05) is 30.1 Å². The number of likely N-dealkylation sites (tertiary alicyclic amines) is 1. The fraction of sp³-hybridized carbons (Fsp3) is 0.414. The Morgan fingerprint density at radius 3 is 2.64 bits per heavy atom. The van der Waals surface area contributed by atoms with Crippen molar-refractivity contribution >= 4 is 39.0 Å². The van der Waals surface area contributed by atoms with Gasteiger partial charge in [-0.15, -0.1) is 0 Å². The summed E-state index contributed by atoms with van der Waals surface area (Å²) in [6, 6.07) is 15.4. The molecule has 1 fully saturated rings. The first-order valence-corrected chi connectivity index (χ1v) is 15.6. The number of carbonyl (C=O) groups is 1. The highest BCUT2D eigenvalue weighted by molar-refractivity contribution is 7.95. The number of likely N-dealkylation sites (N-methyl/N-ethyl adjacent to an activating group) is 1. The molecule has 5 rings (SSSR count). The highest BCUT2D eigenvalue weighted by Crippen LogP contribution is 2.46. The van der Waals surface area contributed by atoms with E-state index in [0.29, 0.717) is 35.1 Å². The van der Waals surface area contributed by atoms with Crippen molar-refractivity contribution in [2.24, 2.45) is 0 Å². The van der Waals surface area contributed by atoms with Crippen LogP contribution in [-0.2, 0) is 25.9 Å². The van der Waals surface area contributed by atoms with Crippen molar-refractivity contribution in [1.82, 2.24) is 15.1 Å². The molecule has 1 N–H and O–H groups in total. The fourth-order valence-corrected chi connectivity index (χ4v) is 8.05. The predicted molar refractivity (Wildman–Crippen MR) is 154 cm³/mol. The number of ether oxygens (including phenoxy) is 1. The van der Waals surface area contributed by atoms with Gasteiger partial charge < -0.3 is 10.1 Å². The van der Waals surface area contributed by atoms with Crippen molar-refractivity contribution < 1.29 is 17.9 Å². The number of benzene rings is 2. The summed E-state index contributed by atoms with van der Waals surface area (Å²) in [4.78, 5) is 18.3. The minimum Gasteiger partial charge on any atom is -0.461 e. The third-order valence-corrected chi connectivity index (χ3v) is 10.4. The Balaban J connectivity index is 1.46. The maximum absolute atomic E-state index is 13.8. The molecule has 2 aromatic rings. The number of halogens is 2. The highest BCUT2D eigenvalue weighted by atomic mass is 35.5. The lowest BCUT2D eigenvalue weighted by molar-refractivity contribution is -0.141. The van der Waals surface area contributed by atoms with E-state index in [1.165, 1.54) is 5.56 Å². The topological polar surface area (TPSA) is 79.0 Å². The smallest absolute Gasteiger partial charge is 0.336 e. The molecule has 0 saturated carbocycles. The highest BCUT2D eigenvalue weighted by Gasteiger charge is 2.43. The maximum Gasteiger partial charge on any atom is 0.336 e. The maximum atomic E-state index is 13.8. The Morgan fingerprint density at radius 1 is 1.10 bits per heavy atom. The zero-order chi connectivity index (χ0) is 27.7. The largest absolute Gasteiger partial charge is 0.461 e. The van der Waals surface area contributed by atoms with Gasteiger partial charge in [0.1, 0.15) is 6.61 Å². The Hall–Kier alpha value is -2.36. The summed E-state index contributed by atoms with van der Waals surface area (Å²) in [6.07, 6.45) is 1.96. The lowest BCUT2D eigenvalue weighted by Gasteiger charge is -2.32. The molecule has 2 aromatic carbocycles. The van der Waals surface area contributed by atoms with Gasteiger partial charge in [0.15, 0.2) is 9.84 Å². The lowest BCUT2D eigenvalue weighted by atomic mass is 9.86. The van der Waals surface area contributed by atoms with Crippen molar-refractivity contribution in [3.05, 3.63) is 91.6 Å². The van der Waals surface area contributed by atoms with Crippen LogP contribution in [0.25, 0.3) is 0 Å². The van der Waals surface area contributed by atoms with Crippen LogP contribution in [0.1, 0.15) is 36.8 Å². The summed E-state index contributed by atoms with van der Waals surface area (Å²) >= 11 is 13.0. The number of sulfone groups is 1. The average Bonchev–Trinajstić information content (AvgIpc) is 3.30. The van der Waals surface area contributed by atoms with Gasteiger partial charge in [-0.05, 0) is 50.6 Å². The Morgan fingerprint density at radius 2 is 1.87 bits per heavy atom. The summed E-state index contributed by atoms with van der Waals surface area (Å²) in [5.74, 6) is -1.52.